The van der Waals surface area contributed by atoms with Crippen LogP contribution in [-0.4, -0.2) is 46.2 Å². The van der Waals surface area contributed by atoms with Crippen LogP contribution < -0.4 is 21.2 Å². The molecule has 0 spiro atoms. The third-order valence-electron chi connectivity index (χ3n) is 9.48. The number of hydrogen-bond donors (Lipinski definition) is 0. The molecule has 0 amide bonds. The van der Waals surface area contributed by atoms with E-state index < -0.39 is 14.3 Å². The maximum atomic E-state index is 15.4. The van der Waals surface area contributed by atoms with Gasteiger partial charge in [0.2, 0.25) is 0 Å². The molecule has 4 heterocycles. The van der Waals surface area contributed by atoms with Crippen LogP contribution in [0.1, 0.15) is 27.7 Å². The van der Waals surface area contributed by atoms with Gasteiger partial charge in [-0.2, -0.15) is 35.0 Å². The van der Waals surface area contributed by atoms with Gasteiger partial charge in [-0.3, -0.25) is 0 Å². The zero-order valence-corrected chi connectivity index (χ0v) is 35.7. The number of hydrogen-bond acceptors (Lipinski definition) is 8. The molecule has 0 N–H and O–H groups in total. The third kappa shape index (κ3) is 7.17. The summed E-state index contributed by atoms with van der Waals surface area (Å²) in [7, 11) is -6.62. The minimum Gasteiger partial charge on any atom is -0.326 e. The number of benzene rings is 4. The van der Waals surface area contributed by atoms with Crippen molar-refractivity contribution < 1.29 is 50.6 Å². The molecule has 0 aliphatic heterocycles. The Bertz CT molecular complexity index is 2550. The number of pyridine rings is 2. The molecule has 0 aliphatic carbocycles. The summed E-state index contributed by atoms with van der Waals surface area (Å²) in [4.78, 5) is 8.97. The predicted molar refractivity (Wildman–Crippen MR) is 211 cm³/mol. The Morgan fingerprint density at radius 1 is 0.545 bits per heavy atom. The van der Waals surface area contributed by atoms with Crippen LogP contribution >= 0.6 is 14.3 Å². The third-order valence-corrected chi connectivity index (χ3v) is 16.3. The van der Waals surface area contributed by atoms with E-state index in [-0.39, 0.29) is 58.8 Å². The predicted octanol–water partition coefficient (Wildman–Crippen LogP) is 7.13. The quantitative estimate of drug-likeness (QED) is 0.0853. The molecule has 2 atom stereocenters. The molecule has 2 unspecified atom stereocenters. The van der Waals surface area contributed by atoms with Crippen LogP contribution in [0.15, 0.2) is 116 Å². The molecule has 0 saturated carbocycles. The van der Waals surface area contributed by atoms with Gasteiger partial charge in [0.25, 0.3) is 5.95 Å². The van der Waals surface area contributed by atoms with E-state index >= 15 is 9.13 Å². The number of nitrogens with zero attached hydrogens (tertiary/aromatic N) is 7. The normalized spacial score (nSPS) is 13.6. The first-order valence-electron chi connectivity index (χ1n) is 17.2. The van der Waals surface area contributed by atoms with Crippen molar-refractivity contribution in [1.82, 2.24) is 34.9 Å². The number of fused-ring (bicyclic) bond motifs is 3. The molecule has 278 valence electrons. The first-order valence-corrected chi connectivity index (χ1v) is 20.8. The fourth-order valence-corrected chi connectivity index (χ4v) is 11.8. The minimum absolute atomic E-state index is 0. The van der Waals surface area contributed by atoms with Crippen LogP contribution in [-0.2, 0) is 50.6 Å². The standard InChI is InChI=1S/C42H33N7O2P2.Pd.Pt/c1-28(2)52(50,32-13-9-11-30(23-32)38-15-5-7-21-43-38)34-17-19-36-37-20-18-35(26-41(37)49(40(36)25-34)42-47-45-27-46-48-42)53(51,29(3)4)33-14-10-12-31(24-33)39-16-6-8-22-44-39;;/h5-22,27-29H,1-4H3;;/q-4;2*+2. The molecule has 9 nitrogen and oxygen atoms in total. The van der Waals surface area contributed by atoms with E-state index in [1.165, 1.54) is 6.33 Å². The average Bonchev–Trinajstić information content (AvgIpc) is 3.54. The zero-order chi connectivity index (χ0) is 36.7. The van der Waals surface area contributed by atoms with Crippen LogP contribution in [0.4, 0.5) is 0 Å². The Kier molecular flexibility index (Phi) is 12.1. The van der Waals surface area contributed by atoms with Gasteiger partial charge in [0.15, 0.2) is 6.33 Å². The van der Waals surface area contributed by atoms with Crippen molar-refractivity contribution in [3.63, 3.8) is 0 Å². The van der Waals surface area contributed by atoms with Crippen molar-refractivity contribution in [3.05, 3.63) is 140 Å². The summed E-state index contributed by atoms with van der Waals surface area (Å²) in [6, 6.07) is 44.3. The first kappa shape index (κ1) is 40.4. The molecule has 0 bridgehead atoms. The minimum atomic E-state index is -3.31. The van der Waals surface area contributed by atoms with Gasteiger partial charge in [0.05, 0.1) is 0 Å². The monoisotopic (exact) mass is 1030 g/mol. The van der Waals surface area contributed by atoms with E-state index in [1.54, 1.807) is 17.0 Å². The second-order valence-electron chi connectivity index (χ2n) is 13.2. The molecule has 4 aromatic carbocycles. The van der Waals surface area contributed by atoms with Crippen molar-refractivity contribution in [2.75, 3.05) is 0 Å². The Morgan fingerprint density at radius 2 is 0.982 bits per heavy atom. The van der Waals surface area contributed by atoms with Gasteiger partial charge in [0.1, 0.15) is 14.3 Å². The van der Waals surface area contributed by atoms with Gasteiger partial charge >= 0.3 is 41.5 Å². The second-order valence-corrected chi connectivity index (χ2v) is 19.9. The molecule has 0 saturated heterocycles. The van der Waals surface area contributed by atoms with Crippen LogP contribution in [0.2, 0.25) is 0 Å². The summed E-state index contributed by atoms with van der Waals surface area (Å²) in [6.07, 6.45) is 4.72. The number of aromatic nitrogens is 7. The molecule has 8 rings (SSSR count). The SMILES string of the molecule is CC(C)P(=O)(c1[c-]c(-c2ccccn2)ccc1)c1[c-]c2c(cc1)c1ccc(P(=O)(c3[c-]c(-c4ccccn4)ccc3)C(C)C)[c-]c1n2-c1nncnn1.[Pd+2].[Pt+2]. The molecule has 8 aromatic rings. The van der Waals surface area contributed by atoms with Crippen molar-refractivity contribution in [1.29, 1.82) is 0 Å². The van der Waals surface area contributed by atoms with E-state index in [0.29, 0.717) is 32.3 Å². The average molecular weight is 1030 g/mol. The van der Waals surface area contributed by atoms with Gasteiger partial charge in [-0.05, 0) is 23.5 Å². The van der Waals surface area contributed by atoms with Crippen LogP contribution in [0.5, 0.6) is 0 Å². The molecular formula is C42H33N7O2P2PdPt. The van der Waals surface area contributed by atoms with E-state index in [1.807, 2.05) is 125 Å². The van der Waals surface area contributed by atoms with E-state index in [9.17, 15) is 0 Å². The molecule has 4 aromatic heterocycles. The maximum absolute atomic E-state index is 15.4. The first-order chi connectivity index (χ1) is 25.7. The van der Waals surface area contributed by atoms with Crippen molar-refractivity contribution >= 4 is 57.3 Å². The van der Waals surface area contributed by atoms with Crippen LogP contribution in [0.25, 0.3) is 50.3 Å². The van der Waals surface area contributed by atoms with Crippen LogP contribution in [0, 0.1) is 24.3 Å². The smallest absolute Gasteiger partial charge is 0.326 e. The second kappa shape index (κ2) is 16.4. The molecule has 13 heteroatoms. The molecule has 0 aliphatic rings. The molecule has 0 fully saturated rings. The fraction of sp³-hybridized carbons (Fsp3) is 0.143. The van der Waals surface area contributed by atoms with Crippen molar-refractivity contribution in [2.24, 2.45) is 0 Å². The van der Waals surface area contributed by atoms with Gasteiger partial charge in [0, 0.05) is 23.7 Å². The topological polar surface area (TPSA) is 116 Å². The molecular weight excluding hydrogens is 998 g/mol. The Morgan fingerprint density at radius 3 is 1.38 bits per heavy atom. The summed E-state index contributed by atoms with van der Waals surface area (Å²) >= 11 is 0. The largest absolute Gasteiger partial charge is 2.00 e. The van der Waals surface area contributed by atoms with E-state index in [2.05, 4.69) is 54.6 Å². The Hall–Kier alpha value is -4.27. The van der Waals surface area contributed by atoms with Gasteiger partial charge in [-0.1, -0.05) is 84.2 Å². The summed E-state index contributed by atoms with van der Waals surface area (Å²) in [5.41, 5.74) is 3.62. The van der Waals surface area contributed by atoms with Gasteiger partial charge in [-0.15, -0.1) is 92.2 Å². The summed E-state index contributed by atoms with van der Waals surface area (Å²) < 4.78 is 32.5. The Labute approximate surface area is 348 Å². The summed E-state index contributed by atoms with van der Waals surface area (Å²) in [6.45, 7) is 7.81. The Balaban J connectivity index is 0.00000257. The van der Waals surface area contributed by atoms with Crippen molar-refractivity contribution in [3.8, 4) is 28.5 Å². The van der Waals surface area contributed by atoms with Crippen molar-refractivity contribution in [2.45, 2.75) is 39.0 Å². The molecule has 0 radical (unpaired) electrons. The van der Waals surface area contributed by atoms with E-state index in [4.69, 9.17) is 0 Å². The number of rotatable bonds is 9. The van der Waals surface area contributed by atoms with E-state index in [0.717, 1.165) is 33.3 Å². The van der Waals surface area contributed by atoms with Crippen LogP contribution in [0.3, 0.4) is 0 Å². The maximum Gasteiger partial charge on any atom is 2.00 e. The summed E-state index contributed by atoms with van der Waals surface area (Å²) in [5.74, 6) is 0.181. The fourth-order valence-electron chi connectivity index (χ4n) is 6.73. The van der Waals surface area contributed by atoms with Gasteiger partial charge in [-0.25, -0.2) is 0 Å². The van der Waals surface area contributed by atoms with Gasteiger partial charge < -0.3 is 23.7 Å². The molecule has 55 heavy (non-hydrogen) atoms. The summed E-state index contributed by atoms with van der Waals surface area (Å²) in [5, 5.41) is 20.5. The zero-order valence-electron chi connectivity index (χ0n) is 30.1.